The van der Waals surface area contributed by atoms with E-state index in [4.69, 9.17) is 14.2 Å². The molecule has 0 saturated carbocycles. The summed E-state index contributed by atoms with van der Waals surface area (Å²) in [4.78, 5) is 44.2. The highest BCUT2D eigenvalue weighted by Crippen LogP contribution is 2.51. The van der Waals surface area contributed by atoms with E-state index >= 15 is 0 Å². The lowest BCUT2D eigenvalue weighted by atomic mass is 9.79. The van der Waals surface area contributed by atoms with Crippen molar-refractivity contribution < 1.29 is 38.8 Å². The molecule has 192 valence electrons. The lowest BCUT2D eigenvalue weighted by molar-refractivity contribution is -0.166. The number of amides is 1. The first-order chi connectivity index (χ1) is 16.7. The molecular formula is C23H30N2O8S2. The molecule has 12 heteroatoms. The summed E-state index contributed by atoms with van der Waals surface area (Å²) in [5.74, 6) is -1.66. The zero-order valence-corrected chi connectivity index (χ0v) is 21.6. The number of fused-ring (bicyclic) bond motifs is 1. The highest BCUT2D eigenvalue weighted by Gasteiger charge is 2.60. The lowest BCUT2D eigenvalue weighted by Crippen LogP contribution is -2.63. The summed E-state index contributed by atoms with van der Waals surface area (Å²) in [5, 5.41) is 21.2. The minimum atomic E-state index is -0.943. The Bertz CT molecular complexity index is 1000. The van der Waals surface area contributed by atoms with Gasteiger partial charge in [-0.05, 0) is 30.7 Å². The van der Waals surface area contributed by atoms with Crippen LogP contribution in [0.4, 0.5) is 4.79 Å². The summed E-state index contributed by atoms with van der Waals surface area (Å²) in [6, 6.07) is -0.376. The Morgan fingerprint density at radius 2 is 2.03 bits per heavy atom. The first-order valence-electron chi connectivity index (χ1n) is 11.3. The molecular weight excluding hydrogens is 496 g/mol. The summed E-state index contributed by atoms with van der Waals surface area (Å²) >= 11 is 2.62. The highest BCUT2D eigenvalue weighted by atomic mass is 32.2. The number of thiazole rings is 1. The minimum Gasteiger partial charge on any atom is -0.434 e. The molecule has 0 unspecified atom stereocenters. The number of ether oxygens (including phenoxy) is 3. The Labute approximate surface area is 211 Å². The molecule has 0 spiro atoms. The molecule has 2 N–H and O–H groups in total. The number of thioether (sulfide) groups is 1. The molecule has 0 radical (unpaired) electrons. The summed E-state index contributed by atoms with van der Waals surface area (Å²) in [7, 11) is 0. The predicted molar refractivity (Wildman–Crippen MR) is 130 cm³/mol. The molecule has 10 nitrogen and oxygen atoms in total. The van der Waals surface area contributed by atoms with E-state index in [1.165, 1.54) is 28.0 Å². The van der Waals surface area contributed by atoms with Gasteiger partial charge in [-0.25, -0.2) is 14.6 Å². The zero-order valence-electron chi connectivity index (χ0n) is 20.0. The van der Waals surface area contributed by atoms with Gasteiger partial charge in [-0.15, -0.1) is 11.3 Å². The number of rotatable bonds is 11. The number of carbonyl (C=O) groups is 3. The summed E-state index contributed by atoms with van der Waals surface area (Å²) in [6.07, 6.45) is 0.645. The quantitative estimate of drug-likeness (QED) is 0.251. The zero-order chi connectivity index (χ0) is 25.7. The number of aromatic nitrogens is 1. The van der Waals surface area contributed by atoms with Gasteiger partial charge < -0.3 is 29.3 Å². The van der Waals surface area contributed by atoms with Gasteiger partial charge in [0, 0.05) is 10.8 Å². The Kier molecular flexibility index (Phi) is 9.34. The van der Waals surface area contributed by atoms with Crippen molar-refractivity contribution in [2.45, 2.75) is 52.9 Å². The molecule has 0 aliphatic carbocycles. The third kappa shape index (κ3) is 6.05. The number of esters is 1. The fourth-order valence-electron chi connectivity index (χ4n) is 3.99. The fraction of sp³-hybridized carbons (Fsp3) is 0.565. The Hall–Kier alpha value is -2.41. The summed E-state index contributed by atoms with van der Waals surface area (Å²) in [6.45, 7) is 6.77. The molecule has 1 saturated heterocycles. The number of carbonyl (C=O) groups excluding carboxylic acids is 3. The number of nitrogens with zero attached hydrogens (tertiary/aromatic N) is 2. The van der Waals surface area contributed by atoms with Crippen LogP contribution in [0, 0.1) is 17.8 Å². The average Bonchev–Trinajstić information content (AvgIpc) is 3.34. The molecule has 2 aliphatic rings. The van der Waals surface area contributed by atoms with Crippen LogP contribution in [0.15, 0.2) is 21.5 Å². The van der Waals surface area contributed by atoms with Crippen LogP contribution in [0.1, 0.15) is 44.7 Å². The lowest BCUT2D eigenvalue weighted by Gasteiger charge is -2.46. The van der Waals surface area contributed by atoms with Crippen molar-refractivity contribution in [3.63, 3.8) is 0 Å². The second-order valence-electron chi connectivity index (χ2n) is 8.68. The van der Waals surface area contributed by atoms with Gasteiger partial charge in [0.05, 0.1) is 47.4 Å². The topological polar surface area (TPSA) is 135 Å². The van der Waals surface area contributed by atoms with Gasteiger partial charge in [0.1, 0.15) is 5.70 Å². The Balaban J connectivity index is 1.70. The van der Waals surface area contributed by atoms with E-state index in [1.54, 1.807) is 23.9 Å². The van der Waals surface area contributed by atoms with Crippen LogP contribution >= 0.6 is 23.1 Å². The first-order valence-corrected chi connectivity index (χ1v) is 13.0. The highest BCUT2D eigenvalue weighted by molar-refractivity contribution is 8.06. The van der Waals surface area contributed by atoms with Crippen LogP contribution in [-0.4, -0.2) is 63.7 Å². The largest absolute Gasteiger partial charge is 0.511 e. The Morgan fingerprint density at radius 3 is 2.69 bits per heavy atom. The molecule has 3 heterocycles. The fourth-order valence-corrected chi connectivity index (χ4v) is 5.77. The third-order valence-corrected chi connectivity index (χ3v) is 7.75. The van der Waals surface area contributed by atoms with Crippen LogP contribution < -0.4 is 0 Å². The van der Waals surface area contributed by atoms with Crippen molar-refractivity contribution in [2.75, 3.05) is 13.4 Å². The van der Waals surface area contributed by atoms with Gasteiger partial charge in [-0.2, -0.15) is 0 Å². The van der Waals surface area contributed by atoms with Crippen molar-refractivity contribution in [2.24, 2.45) is 17.8 Å². The number of β-lactam (4-membered cyclic amide) rings is 1. The smallest absolute Gasteiger partial charge is 0.434 e. The van der Waals surface area contributed by atoms with Crippen molar-refractivity contribution in [3.05, 3.63) is 32.1 Å². The second kappa shape index (κ2) is 12.0. The van der Waals surface area contributed by atoms with Gasteiger partial charge in [0.2, 0.25) is 12.7 Å². The summed E-state index contributed by atoms with van der Waals surface area (Å²) < 4.78 is 14.9. The molecule has 1 aromatic heterocycles. The maximum atomic E-state index is 12.9. The third-order valence-electron chi connectivity index (χ3n) is 5.82. The number of hydrogen-bond acceptors (Lipinski definition) is 11. The van der Waals surface area contributed by atoms with Crippen LogP contribution in [0.3, 0.4) is 0 Å². The molecule has 0 aromatic carbocycles. The van der Waals surface area contributed by atoms with Gasteiger partial charge in [-0.1, -0.05) is 32.5 Å². The molecule has 1 fully saturated rings. The molecule has 1 amide bonds. The van der Waals surface area contributed by atoms with E-state index in [-0.39, 0.29) is 36.8 Å². The van der Waals surface area contributed by atoms with E-state index in [0.29, 0.717) is 22.9 Å². The van der Waals surface area contributed by atoms with Gasteiger partial charge in [0.25, 0.3) is 0 Å². The van der Waals surface area contributed by atoms with Gasteiger partial charge >= 0.3 is 12.1 Å². The second-order valence-corrected chi connectivity index (χ2v) is 10.5. The maximum Gasteiger partial charge on any atom is 0.511 e. The number of hydrogen-bond donors (Lipinski definition) is 2. The first kappa shape index (κ1) is 27.2. The minimum absolute atomic E-state index is 0.0718. The Morgan fingerprint density at radius 1 is 1.29 bits per heavy atom. The summed E-state index contributed by atoms with van der Waals surface area (Å²) in [5.41, 5.74) is 2.25. The average molecular weight is 527 g/mol. The standard InChI is InChI=1S/C23H30N2O8S2/c1-12(2)5-7-31-23(30)33-11-32-22(29)19-20(34-8-6-16-15(9-26)24-10-35-16)13(3)18-17(14(4)27)21(28)25(18)19/h6,8,10,12-14,17-18,26-27H,5,7,9,11H2,1-4H3/t13-,14-,17-,18-/m1/s1. The van der Waals surface area contributed by atoms with Crippen molar-refractivity contribution in [3.8, 4) is 0 Å². The van der Waals surface area contributed by atoms with Crippen molar-refractivity contribution in [1.29, 1.82) is 0 Å². The van der Waals surface area contributed by atoms with Crippen molar-refractivity contribution >= 4 is 47.2 Å². The van der Waals surface area contributed by atoms with E-state index in [9.17, 15) is 24.6 Å². The molecule has 2 aliphatic heterocycles. The number of aliphatic hydroxyl groups is 2. The predicted octanol–water partition coefficient (Wildman–Crippen LogP) is 3.11. The van der Waals surface area contributed by atoms with Crippen LogP contribution in [0.25, 0.3) is 6.08 Å². The van der Waals surface area contributed by atoms with E-state index in [0.717, 1.165) is 4.88 Å². The molecule has 3 rings (SSSR count). The SMILES string of the molecule is CC(C)CCOC(=O)OCOC(=O)C1=C(SC=Cc2scnc2CO)[C@H](C)[C@@H]2[C@@H]([C@@H](C)O)C(=O)N12. The molecule has 35 heavy (non-hydrogen) atoms. The van der Waals surface area contributed by atoms with Crippen molar-refractivity contribution in [1.82, 2.24) is 9.88 Å². The van der Waals surface area contributed by atoms with Crippen LogP contribution in [-0.2, 0) is 30.4 Å². The van der Waals surface area contributed by atoms with Crippen LogP contribution in [0.2, 0.25) is 0 Å². The maximum absolute atomic E-state index is 12.9. The van der Waals surface area contributed by atoms with E-state index in [2.05, 4.69) is 4.98 Å². The van der Waals surface area contributed by atoms with E-state index < -0.39 is 30.9 Å². The van der Waals surface area contributed by atoms with Crippen LogP contribution in [0.5, 0.6) is 0 Å². The normalized spacial score (nSPS) is 22.4. The monoisotopic (exact) mass is 526 g/mol. The molecule has 0 bridgehead atoms. The van der Waals surface area contributed by atoms with E-state index in [1.807, 2.05) is 20.8 Å². The molecule has 4 atom stereocenters. The van der Waals surface area contributed by atoms with Gasteiger partial charge in [0.15, 0.2) is 0 Å². The van der Waals surface area contributed by atoms with Gasteiger partial charge in [-0.3, -0.25) is 4.79 Å². The molecule has 1 aromatic rings. The number of aliphatic hydroxyl groups excluding tert-OH is 2.